The molecule has 1 aromatic carbocycles. The maximum absolute atomic E-state index is 12.6. The van der Waals surface area contributed by atoms with Crippen molar-refractivity contribution in [2.75, 3.05) is 13.2 Å². The maximum Gasteiger partial charge on any atom is 0.410 e. The van der Waals surface area contributed by atoms with Crippen molar-refractivity contribution < 1.29 is 19.1 Å². The van der Waals surface area contributed by atoms with Crippen LogP contribution in [0.2, 0.25) is 0 Å². The zero-order valence-electron chi connectivity index (χ0n) is 14.3. The molecule has 0 spiro atoms. The van der Waals surface area contributed by atoms with Crippen LogP contribution in [0.15, 0.2) is 30.3 Å². The lowest BCUT2D eigenvalue weighted by Gasteiger charge is -2.25. The normalized spacial score (nSPS) is 28.5. The lowest BCUT2D eigenvalue weighted by Crippen LogP contribution is -2.44. The summed E-state index contributed by atoms with van der Waals surface area (Å²) in [6.45, 7) is 5.13. The maximum atomic E-state index is 12.6. The standard InChI is InChI=1S/C19H25NO4/c1-3-23-18(21)17-15-10-9-13(2)16(15)11-20(17)19(22)24-12-14-7-5-4-6-8-14/h4-8,13,15-17H,3,9-12H2,1-2H3/t13?,15-,16?,17?/m0/s1. The van der Waals surface area contributed by atoms with E-state index in [0.29, 0.717) is 25.0 Å². The van der Waals surface area contributed by atoms with Gasteiger partial charge in [0.1, 0.15) is 12.6 Å². The summed E-state index contributed by atoms with van der Waals surface area (Å²) in [5.74, 6) is 0.793. The van der Waals surface area contributed by atoms with Gasteiger partial charge in [-0.3, -0.25) is 4.90 Å². The average Bonchev–Trinajstić information content (AvgIpc) is 3.14. The smallest absolute Gasteiger partial charge is 0.410 e. The second-order valence-corrected chi connectivity index (χ2v) is 6.77. The fraction of sp³-hybridized carbons (Fsp3) is 0.579. The highest BCUT2D eigenvalue weighted by Gasteiger charge is 2.53. The van der Waals surface area contributed by atoms with Gasteiger partial charge in [-0.25, -0.2) is 9.59 Å². The van der Waals surface area contributed by atoms with Gasteiger partial charge in [-0.2, -0.15) is 0 Å². The van der Waals surface area contributed by atoms with E-state index in [0.717, 1.165) is 18.4 Å². The third kappa shape index (κ3) is 3.25. The van der Waals surface area contributed by atoms with Crippen molar-refractivity contribution in [1.29, 1.82) is 0 Å². The first-order chi connectivity index (χ1) is 11.6. The molecule has 1 saturated carbocycles. The Kier molecular flexibility index (Phi) is 5.07. The van der Waals surface area contributed by atoms with Gasteiger partial charge in [-0.15, -0.1) is 0 Å². The van der Waals surface area contributed by atoms with Gasteiger partial charge < -0.3 is 9.47 Å². The predicted octanol–water partition coefficient (Wildman–Crippen LogP) is 3.23. The van der Waals surface area contributed by atoms with E-state index in [-0.39, 0.29) is 18.5 Å². The molecule has 5 heteroatoms. The third-order valence-electron chi connectivity index (χ3n) is 5.35. The van der Waals surface area contributed by atoms with E-state index in [2.05, 4.69) is 6.92 Å². The first-order valence-corrected chi connectivity index (χ1v) is 8.75. The van der Waals surface area contributed by atoms with Crippen LogP contribution in [0, 0.1) is 17.8 Å². The number of rotatable bonds is 4. The molecule has 1 amide bonds. The second kappa shape index (κ2) is 7.24. The monoisotopic (exact) mass is 331 g/mol. The highest BCUT2D eigenvalue weighted by molar-refractivity contribution is 5.82. The molecule has 1 heterocycles. The van der Waals surface area contributed by atoms with Crippen LogP contribution >= 0.6 is 0 Å². The number of likely N-dealkylation sites (tertiary alicyclic amines) is 1. The van der Waals surface area contributed by atoms with Crippen LogP contribution in [0.4, 0.5) is 4.79 Å². The Balaban J connectivity index is 1.69. The van der Waals surface area contributed by atoms with Crippen LogP contribution in [0.25, 0.3) is 0 Å². The highest BCUT2D eigenvalue weighted by Crippen LogP contribution is 2.46. The zero-order chi connectivity index (χ0) is 17.1. The molecule has 3 unspecified atom stereocenters. The molecule has 1 aromatic rings. The largest absolute Gasteiger partial charge is 0.464 e. The fourth-order valence-corrected chi connectivity index (χ4v) is 4.10. The second-order valence-electron chi connectivity index (χ2n) is 6.77. The van der Waals surface area contributed by atoms with E-state index in [1.165, 1.54) is 0 Å². The van der Waals surface area contributed by atoms with Gasteiger partial charge in [0.05, 0.1) is 6.61 Å². The van der Waals surface area contributed by atoms with Gasteiger partial charge in [0.25, 0.3) is 0 Å². The van der Waals surface area contributed by atoms with Crippen molar-refractivity contribution in [1.82, 2.24) is 4.90 Å². The van der Waals surface area contributed by atoms with Crippen LogP contribution in [0.5, 0.6) is 0 Å². The Morgan fingerprint density at radius 1 is 1.12 bits per heavy atom. The highest BCUT2D eigenvalue weighted by atomic mass is 16.6. The Hall–Kier alpha value is -2.04. The summed E-state index contributed by atoms with van der Waals surface area (Å²) in [4.78, 5) is 26.6. The number of nitrogens with zero attached hydrogens (tertiary/aromatic N) is 1. The molecule has 5 nitrogen and oxygen atoms in total. The molecule has 1 saturated heterocycles. The number of hydrogen-bond acceptors (Lipinski definition) is 4. The molecule has 0 N–H and O–H groups in total. The lowest BCUT2D eigenvalue weighted by atomic mass is 9.90. The van der Waals surface area contributed by atoms with Crippen LogP contribution in [0.1, 0.15) is 32.3 Å². The van der Waals surface area contributed by atoms with Crippen LogP contribution in [-0.4, -0.2) is 36.2 Å². The number of fused-ring (bicyclic) bond motifs is 1. The average molecular weight is 331 g/mol. The summed E-state index contributed by atoms with van der Waals surface area (Å²) in [5, 5.41) is 0. The molecule has 3 rings (SSSR count). The molecular weight excluding hydrogens is 306 g/mol. The first kappa shape index (κ1) is 16.8. The number of carbonyl (C=O) groups is 2. The van der Waals surface area contributed by atoms with Gasteiger partial charge in [-0.1, -0.05) is 43.7 Å². The molecule has 0 radical (unpaired) electrons. The molecule has 4 atom stereocenters. The number of esters is 1. The van der Waals surface area contributed by atoms with Crippen LogP contribution in [0.3, 0.4) is 0 Å². The summed E-state index contributed by atoms with van der Waals surface area (Å²) in [6.07, 6.45) is 1.66. The van der Waals surface area contributed by atoms with Gasteiger partial charge in [-0.05, 0) is 36.7 Å². The number of benzene rings is 1. The molecule has 0 bridgehead atoms. The van der Waals surface area contributed by atoms with Crippen molar-refractivity contribution in [3.63, 3.8) is 0 Å². The lowest BCUT2D eigenvalue weighted by molar-refractivity contribution is -0.149. The Morgan fingerprint density at radius 2 is 1.88 bits per heavy atom. The quantitative estimate of drug-likeness (QED) is 0.795. The van der Waals surface area contributed by atoms with E-state index in [1.807, 2.05) is 30.3 Å². The van der Waals surface area contributed by atoms with Gasteiger partial charge in [0, 0.05) is 6.54 Å². The molecule has 130 valence electrons. The van der Waals surface area contributed by atoms with E-state index in [9.17, 15) is 9.59 Å². The minimum Gasteiger partial charge on any atom is -0.464 e. The molecule has 2 fully saturated rings. The Bertz CT molecular complexity index is 588. The van der Waals surface area contributed by atoms with Crippen molar-refractivity contribution in [2.45, 2.75) is 39.3 Å². The molecule has 1 aliphatic carbocycles. The molecule has 24 heavy (non-hydrogen) atoms. The number of ether oxygens (including phenoxy) is 2. The number of hydrogen-bond donors (Lipinski definition) is 0. The van der Waals surface area contributed by atoms with Crippen molar-refractivity contribution in [3.8, 4) is 0 Å². The van der Waals surface area contributed by atoms with E-state index in [4.69, 9.17) is 9.47 Å². The third-order valence-corrected chi connectivity index (χ3v) is 5.35. The summed E-state index contributed by atoms with van der Waals surface area (Å²) < 4.78 is 10.7. The summed E-state index contributed by atoms with van der Waals surface area (Å²) in [6, 6.07) is 9.07. The fourth-order valence-electron chi connectivity index (χ4n) is 4.10. The summed E-state index contributed by atoms with van der Waals surface area (Å²) in [7, 11) is 0. The minimum absolute atomic E-state index is 0.198. The topological polar surface area (TPSA) is 55.8 Å². The molecular formula is C19H25NO4. The van der Waals surface area contributed by atoms with E-state index >= 15 is 0 Å². The number of amides is 1. The zero-order valence-corrected chi connectivity index (χ0v) is 14.3. The van der Waals surface area contributed by atoms with Crippen molar-refractivity contribution in [3.05, 3.63) is 35.9 Å². The predicted molar refractivity (Wildman–Crippen MR) is 89.1 cm³/mol. The Morgan fingerprint density at radius 3 is 2.58 bits per heavy atom. The van der Waals surface area contributed by atoms with E-state index in [1.54, 1.807) is 11.8 Å². The van der Waals surface area contributed by atoms with Crippen LogP contribution in [-0.2, 0) is 20.9 Å². The summed E-state index contributed by atoms with van der Waals surface area (Å²) in [5.41, 5.74) is 0.936. The number of carbonyl (C=O) groups excluding carboxylic acids is 2. The minimum atomic E-state index is -0.497. The first-order valence-electron chi connectivity index (χ1n) is 8.75. The van der Waals surface area contributed by atoms with Gasteiger partial charge in [0.2, 0.25) is 0 Å². The Labute approximate surface area is 142 Å². The van der Waals surface area contributed by atoms with Crippen LogP contribution < -0.4 is 0 Å². The van der Waals surface area contributed by atoms with Gasteiger partial charge >= 0.3 is 12.1 Å². The van der Waals surface area contributed by atoms with Crippen molar-refractivity contribution in [2.24, 2.45) is 17.8 Å². The molecule has 0 aromatic heterocycles. The summed E-state index contributed by atoms with van der Waals surface area (Å²) >= 11 is 0. The molecule has 2 aliphatic rings. The molecule has 1 aliphatic heterocycles. The van der Waals surface area contributed by atoms with Gasteiger partial charge in [0.15, 0.2) is 0 Å². The van der Waals surface area contributed by atoms with Crippen molar-refractivity contribution >= 4 is 12.1 Å². The van der Waals surface area contributed by atoms with E-state index < -0.39 is 12.1 Å². The SMILES string of the molecule is CCOC(=O)C1[C@H]2CCC(C)C2CN1C(=O)OCc1ccccc1.